The van der Waals surface area contributed by atoms with E-state index in [2.05, 4.69) is 14.9 Å². The van der Waals surface area contributed by atoms with E-state index in [0.717, 1.165) is 37.2 Å². The molecular weight excluding hydrogens is 250 g/mol. The number of carbonyl (C=O) groups excluding carboxylic acids is 1. The third-order valence-electron chi connectivity index (χ3n) is 3.88. The summed E-state index contributed by atoms with van der Waals surface area (Å²) < 4.78 is 2.16. The number of ketones is 1. The number of carbonyl (C=O) groups is 1. The fourth-order valence-electron chi connectivity index (χ4n) is 2.81. The number of piperidine rings is 1. The molecule has 3 rings (SSSR count). The molecule has 4 heteroatoms. The van der Waals surface area contributed by atoms with E-state index in [4.69, 9.17) is 0 Å². The van der Waals surface area contributed by atoms with Crippen molar-refractivity contribution in [2.45, 2.75) is 25.3 Å². The Bertz CT molecular complexity index is 570. The molecule has 104 valence electrons. The van der Waals surface area contributed by atoms with Crippen molar-refractivity contribution < 1.29 is 4.79 Å². The second-order valence-corrected chi connectivity index (χ2v) is 5.24. The van der Waals surface area contributed by atoms with Crippen molar-refractivity contribution in [1.29, 1.82) is 0 Å². The molecule has 2 aromatic rings. The molecule has 0 amide bonds. The molecular formula is C16H19N3O. The van der Waals surface area contributed by atoms with E-state index in [1.807, 2.05) is 30.5 Å². The zero-order valence-corrected chi connectivity index (χ0v) is 11.5. The van der Waals surface area contributed by atoms with E-state index in [0.29, 0.717) is 12.5 Å². The average Bonchev–Trinajstić information content (AvgIpc) is 2.99. The van der Waals surface area contributed by atoms with Crippen molar-refractivity contribution in [3.63, 3.8) is 0 Å². The van der Waals surface area contributed by atoms with Crippen molar-refractivity contribution in [3.8, 4) is 0 Å². The van der Waals surface area contributed by atoms with Crippen molar-refractivity contribution in [1.82, 2.24) is 14.9 Å². The summed E-state index contributed by atoms with van der Waals surface area (Å²) >= 11 is 0. The van der Waals surface area contributed by atoms with Crippen LogP contribution >= 0.6 is 0 Å². The Morgan fingerprint density at radius 2 is 2.00 bits per heavy atom. The van der Waals surface area contributed by atoms with Gasteiger partial charge in [-0.05, 0) is 55.8 Å². The van der Waals surface area contributed by atoms with E-state index in [1.165, 1.54) is 0 Å². The molecule has 0 aromatic carbocycles. The maximum atomic E-state index is 12.5. The molecule has 0 radical (unpaired) electrons. The molecule has 1 N–H and O–H groups in total. The van der Waals surface area contributed by atoms with Crippen molar-refractivity contribution in [3.05, 3.63) is 54.1 Å². The highest BCUT2D eigenvalue weighted by Crippen LogP contribution is 2.22. The summed E-state index contributed by atoms with van der Waals surface area (Å²) in [6.07, 6.45) is 8.12. The lowest BCUT2D eigenvalue weighted by molar-refractivity contribution is 0.0980. The molecule has 0 atom stereocenters. The number of aromatic nitrogens is 2. The Labute approximate surface area is 118 Å². The molecule has 0 saturated carbocycles. The third-order valence-corrected chi connectivity index (χ3v) is 3.88. The molecule has 1 aliphatic heterocycles. The van der Waals surface area contributed by atoms with Gasteiger partial charge in [-0.1, -0.05) is 0 Å². The number of pyridine rings is 1. The van der Waals surface area contributed by atoms with Gasteiger partial charge >= 0.3 is 0 Å². The van der Waals surface area contributed by atoms with E-state index < -0.39 is 0 Å². The summed E-state index contributed by atoms with van der Waals surface area (Å²) in [6.45, 7) is 2.06. The molecule has 1 aliphatic rings. The number of Topliss-reactive ketones (excluding diaryl/α,β-unsaturated/α-hetero) is 1. The molecule has 0 aliphatic carbocycles. The van der Waals surface area contributed by atoms with Crippen LogP contribution < -0.4 is 5.32 Å². The molecule has 20 heavy (non-hydrogen) atoms. The van der Waals surface area contributed by atoms with Gasteiger partial charge in [0.2, 0.25) is 0 Å². The Balaban J connectivity index is 1.77. The minimum atomic E-state index is 0.180. The summed E-state index contributed by atoms with van der Waals surface area (Å²) in [5.74, 6) is 0.180. The molecule has 0 bridgehead atoms. The molecule has 2 aromatic heterocycles. The number of rotatable bonds is 4. The van der Waals surface area contributed by atoms with Gasteiger partial charge in [0.25, 0.3) is 0 Å². The lowest BCUT2D eigenvalue weighted by atomic mass is 10.0. The fraction of sp³-hybridized carbons (Fsp3) is 0.375. The van der Waals surface area contributed by atoms with Crippen LogP contribution in [0.2, 0.25) is 0 Å². The molecule has 1 saturated heterocycles. The number of nitrogens with zero attached hydrogens (tertiary/aromatic N) is 2. The minimum absolute atomic E-state index is 0.180. The standard InChI is InChI=1S/C16H19N3O/c20-16(12-13-3-7-17-8-4-13)15-2-1-11-19(15)14-5-9-18-10-6-14/h1-4,7-8,11,14,18H,5-6,9-10,12H2. The largest absolute Gasteiger partial charge is 0.342 e. The first-order valence-corrected chi connectivity index (χ1v) is 7.14. The maximum Gasteiger partial charge on any atom is 0.183 e. The topological polar surface area (TPSA) is 46.9 Å². The van der Waals surface area contributed by atoms with Crippen LogP contribution in [-0.2, 0) is 6.42 Å². The van der Waals surface area contributed by atoms with Gasteiger partial charge in [-0.3, -0.25) is 9.78 Å². The summed E-state index contributed by atoms with van der Waals surface area (Å²) in [4.78, 5) is 16.5. The highest BCUT2D eigenvalue weighted by molar-refractivity contribution is 5.96. The first kappa shape index (κ1) is 13.1. The summed E-state index contributed by atoms with van der Waals surface area (Å²) in [7, 11) is 0. The van der Waals surface area contributed by atoms with Gasteiger partial charge in [0.05, 0.1) is 5.69 Å². The highest BCUT2D eigenvalue weighted by atomic mass is 16.1. The number of nitrogens with one attached hydrogen (secondary N) is 1. The van der Waals surface area contributed by atoms with Crippen LogP contribution in [0.5, 0.6) is 0 Å². The molecule has 1 fully saturated rings. The molecule has 4 nitrogen and oxygen atoms in total. The van der Waals surface area contributed by atoms with E-state index in [1.54, 1.807) is 12.4 Å². The fourth-order valence-corrected chi connectivity index (χ4v) is 2.81. The van der Waals surface area contributed by atoms with Crippen LogP contribution in [0.25, 0.3) is 0 Å². The van der Waals surface area contributed by atoms with E-state index >= 15 is 0 Å². The zero-order valence-electron chi connectivity index (χ0n) is 11.5. The normalized spacial score (nSPS) is 16.2. The Hall–Kier alpha value is -1.94. The van der Waals surface area contributed by atoms with Gasteiger partial charge in [0, 0.05) is 31.1 Å². The summed E-state index contributed by atoms with van der Waals surface area (Å²) in [6, 6.07) is 8.15. The van der Waals surface area contributed by atoms with E-state index in [9.17, 15) is 4.79 Å². The summed E-state index contributed by atoms with van der Waals surface area (Å²) in [5.41, 5.74) is 1.84. The monoisotopic (exact) mass is 269 g/mol. The van der Waals surface area contributed by atoms with Crippen molar-refractivity contribution >= 4 is 5.78 Å². The molecule has 0 unspecified atom stereocenters. The third kappa shape index (κ3) is 2.80. The SMILES string of the molecule is O=C(Cc1ccncc1)c1cccn1C1CCNCC1. The predicted octanol–water partition coefficient (Wildman–Crippen LogP) is 2.23. The van der Waals surface area contributed by atoms with Gasteiger partial charge in [-0.15, -0.1) is 0 Å². The van der Waals surface area contributed by atoms with Crippen LogP contribution in [0.1, 0.15) is 34.9 Å². The van der Waals surface area contributed by atoms with Crippen LogP contribution in [0, 0.1) is 0 Å². The molecule has 0 spiro atoms. The quantitative estimate of drug-likeness (QED) is 0.866. The van der Waals surface area contributed by atoms with Crippen LogP contribution in [0.15, 0.2) is 42.9 Å². The molecule has 3 heterocycles. The second kappa shape index (κ2) is 6.01. The highest BCUT2D eigenvalue weighted by Gasteiger charge is 2.19. The van der Waals surface area contributed by atoms with Crippen molar-refractivity contribution in [2.75, 3.05) is 13.1 Å². The van der Waals surface area contributed by atoms with Crippen molar-refractivity contribution in [2.24, 2.45) is 0 Å². The van der Waals surface area contributed by atoms with Gasteiger partial charge in [-0.25, -0.2) is 0 Å². The minimum Gasteiger partial charge on any atom is -0.342 e. The Morgan fingerprint density at radius 3 is 2.75 bits per heavy atom. The van der Waals surface area contributed by atoms with Crippen LogP contribution in [0.3, 0.4) is 0 Å². The van der Waals surface area contributed by atoms with Gasteiger partial charge in [-0.2, -0.15) is 0 Å². The predicted molar refractivity (Wildman–Crippen MR) is 77.8 cm³/mol. The number of hydrogen-bond acceptors (Lipinski definition) is 3. The lowest BCUT2D eigenvalue weighted by Crippen LogP contribution is -2.30. The van der Waals surface area contributed by atoms with Gasteiger partial charge < -0.3 is 9.88 Å². The maximum absolute atomic E-state index is 12.5. The Morgan fingerprint density at radius 1 is 1.25 bits per heavy atom. The van der Waals surface area contributed by atoms with Gasteiger partial charge in [0.1, 0.15) is 0 Å². The summed E-state index contributed by atoms with van der Waals surface area (Å²) in [5, 5.41) is 3.36. The second-order valence-electron chi connectivity index (χ2n) is 5.24. The van der Waals surface area contributed by atoms with Crippen LogP contribution in [-0.4, -0.2) is 28.4 Å². The smallest absolute Gasteiger partial charge is 0.183 e. The number of hydrogen-bond donors (Lipinski definition) is 1. The van der Waals surface area contributed by atoms with Crippen LogP contribution in [0.4, 0.5) is 0 Å². The van der Waals surface area contributed by atoms with E-state index in [-0.39, 0.29) is 5.78 Å². The lowest BCUT2D eigenvalue weighted by Gasteiger charge is -2.25. The van der Waals surface area contributed by atoms with Gasteiger partial charge in [0.15, 0.2) is 5.78 Å². The average molecular weight is 269 g/mol. The zero-order chi connectivity index (χ0) is 13.8. The Kier molecular flexibility index (Phi) is 3.92. The first-order valence-electron chi connectivity index (χ1n) is 7.14. The first-order chi connectivity index (χ1) is 9.84.